The van der Waals surface area contributed by atoms with Crippen molar-refractivity contribution in [2.45, 2.75) is 356 Å². The molecule has 0 aromatic rings. The number of Topliss-reactive ketones (excluding diaryl/α,β-unsaturated/α-hetero) is 5. The predicted octanol–water partition coefficient (Wildman–Crippen LogP) is 14.7. The largest absolute Gasteiger partial charge is 0.481 e. The summed E-state index contributed by atoms with van der Waals surface area (Å²) in [4.78, 5) is 144. The van der Waals surface area contributed by atoms with Crippen LogP contribution in [0.2, 0.25) is 0 Å². The van der Waals surface area contributed by atoms with Crippen LogP contribution in [-0.2, 0) is 100 Å². The molecule has 1 fully saturated rings. The highest BCUT2D eigenvalue weighted by Gasteiger charge is 2.21. The molecule has 1 aliphatic rings. The van der Waals surface area contributed by atoms with E-state index < -0.39 is 55.1 Å². The van der Waals surface area contributed by atoms with Crippen LogP contribution in [0.4, 0.5) is 0 Å². The third kappa shape index (κ3) is 94.6. The lowest BCUT2D eigenvalue weighted by Crippen LogP contribution is -2.30. The molecule has 1 heterocycles. The zero-order valence-electron chi connectivity index (χ0n) is 65.7. The zero-order valence-corrected chi connectivity index (χ0v) is 66.5. The van der Waals surface area contributed by atoms with Crippen LogP contribution in [0.25, 0.3) is 0 Å². The molecule has 0 bridgehead atoms. The molecule has 0 aliphatic carbocycles. The number of carboxylic acids is 1. The number of ketones is 5. The maximum atomic E-state index is 11.9. The number of rotatable bonds is 66. The van der Waals surface area contributed by atoms with Gasteiger partial charge >= 0.3 is 41.8 Å². The van der Waals surface area contributed by atoms with Crippen LogP contribution in [0.5, 0.6) is 0 Å². The molecule has 4 N–H and O–H groups in total. The predicted molar refractivity (Wildman–Crippen MR) is 402 cm³/mol. The summed E-state index contributed by atoms with van der Waals surface area (Å²) in [5.74, 6) is -4.40. The molecule has 0 spiro atoms. The van der Waals surface area contributed by atoms with Gasteiger partial charge in [0, 0.05) is 44.9 Å². The van der Waals surface area contributed by atoms with Crippen molar-refractivity contribution in [3.05, 3.63) is 0 Å². The highest BCUT2D eigenvalue weighted by atomic mass is 35.5. The van der Waals surface area contributed by atoms with Crippen molar-refractivity contribution in [2.24, 2.45) is 0 Å². The van der Waals surface area contributed by atoms with Crippen molar-refractivity contribution in [1.82, 2.24) is 0 Å². The van der Waals surface area contributed by atoms with Gasteiger partial charge in [-0.15, -0.1) is 0 Å². The van der Waals surface area contributed by atoms with Crippen LogP contribution in [-0.4, -0.2) is 181 Å². The molecule has 1 aliphatic heterocycles. The van der Waals surface area contributed by atoms with E-state index in [1.807, 2.05) is 0 Å². The van der Waals surface area contributed by atoms with E-state index in [9.17, 15) is 67.4 Å². The topological polar surface area (TPSA) is 377 Å². The molecule has 25 nitrogen and oxygen atoms in total. The van der Waals surface area contributed by atoms with Crippen LogP contribution >= 0.6 is 11.6 Å². The summed E-state index contributed by atoms with van der Waals surface area (Å²) >= 11 is 5.15. The highest BCUT2D eigenvalue weighted by Crippen LogP contribution is 2.13. The quantitative estimate of drug-likeness (QED) is 0.0144. The lowest BCUT2D eigenvalue weighted by atomic mass is 10.1. The van der Waals surface area contributed by atoms with Crippen LogP contribution in [0, 0.1) is 0 Å². The first-order chi connectivity index (χ1) is 50.4. The summed E-state index contributed by atoms with van der Waals surface area (Å²) in [5, 5.41) is 33.9. The first kappa shape index (κ1) is 108. The Morgan fingerprint density at radius 3 is 0.981 bits per heavy atom. The average molecular weight is 1530 g/mol. The van der Waals surface area contributed by atoms with Gasteiger partial charge in [-0.3, -0.25) is 62.3 Å². The molecule has 105 heavy (non-hydrogen) atoms. The number of ether oxygens (including phenoxy) is 8. The minimum Gasteiger partial charge on any atom is -0.481 e. The zero-order chi connectivity index (χ0) is 79.6. The standard InChI is InChI=1S/C24H42O8.C20H38O5.C20H36O5.C8H15ClO.C4H4O3.C3H6O3/c1-3-5-7-9-11-13-20(25)17-30-18-21(32-24(29)16-15-22(26)27)19-31-23(28)14-12-10-8-6-4-2;2*1-3-5-7-9-11-13-18(21)15-24-16-19(22)17-25-20(23)14-12-10-8-6-4-2;1-2-3-4-5-6-7-8(9)10;5-3-1-2-4(6)7-3;4-1-3(6)2-5/h21H,3-19H2,1-2H3,(H,26,27);19,22H,3-17H2,1-2H3;3-17H2,1-2H3;2-7H2,1H3;1-2H2;4-5H,1-2H2. The second-order valence-corrected chi connectivity index (χ2v) is 26.5. The molecule has 2 atom stereocenters. The second kappa shape index (κ2) is 85.8. The number of aliphatic hydroxyl groups excluding tert-OH is 3. The molecule has 0 radical (unpaired) electrons. The molecule has 614 valence electrons. The minimum absolute atomic E-state index is 0.0192. The maximum absolute atomic E-state index is 11.9. The summed E-state index contributed by atoms with van der Waals surface area (Å²) < 4.78 is 40.1. The van der Waals surface area contributed by atoms with Gasteiger partial charge in [-0.1, -0.05) is 228 Å². The molecule has 26 heteroatoms. The number of carboxylic acid groups (broad SMARTS) is 1. The summed E-state index contributed by atoms with van der Waals surface area (Å²) in [5.41, 5.74) is 0. The van der Waals surface area contributed by atoms with Crippen LogP contribution in [0.1, 0.15) is 344 Å². The van der Waals surface area contributed by atoms with E-state index >= 15 is 0 Å². The van der Waals surface area contributed by atoms with Crippen molar-refractivity contribution >= 4 is 87.5 Å². The normalized spacial score (nSPS) is 11.7. The molecule has 0 aromatic carbocycles. The first-order valence-electron chi connectivity index (χ1n) is 39.5. The number of unbranched alkanes of at least 4 members (excludes halogenated alkanes) is 28. The van der Waals surface area contributed by atoms with Gasteiger partial charge in [0.1, 0.15) is 59.0 Å². The number of halogens is 1. The summed E-state index contributed by atoms with van der Waals surface area (Å²) in [6.07, 6.45) is 39.1. The van der Waals surface area contributed by atoms with Gasteiger partial charge in [-0.05, 0) is 56.5 Å². The summed E-state index contributed by atoms with van der Waals surface area (Å²) in [6.45, 7) is 13.0. The number of esters is 6. The molecule has 0 aromatic heterocycles. The molecule has 0 saturated carbocycles. The number of carbonyl (C=O) groups is 13. The number of hydrogen-bond acceptors (Lipinski definition) is 24. The summed E-state index contributed by atoms with van der Waals surface area (Å²) in [6, 6.07) is 0. The fraction of sp³-hybridized carbons (Fsp3) is 0.835. The van der Waals surface area contributed by atoms with Crippen molar-refractivity contribution in [3.63, 3.8) is 0 Å². The monoisotopic (exact) mass is 1520 g/mol. The summed E-state index contributed by atoms with van der Waals surface area (Å²) in [7, 11) is 0. The molecular formula is C79H141ClO25. The Labute approximate surface area is 634 Å². The first-order valence-corrected chi connectivity index (χ1v) is 39.8. The van der Waals surface area contributed by atoms with Gasteiger partial charge in [0.25, 0.3) is 0 Å². The Hall–Kier alpha value is -5.44. The Balaban J connectivity index is -0.000000414. The third-order valence-electron chi connectivity index (χ3n) is 15.5. The number of cyclic esters (lactones) is 2. The smallest absolute Gasteiger partial charge is 0.314 e. The molecule has 2 unspecified atom stereocenters. The van der Waals surface area contributed by atoms with Gasteiger partial charge in [0.05, 0.1) is 38.9 Å². The molecular weight excluding hydrogens is 1380 g/mol. The second-order valence-electron chi connectivity index (χ2n) is 26.1. The Morgan fingerprint density at radius 1 is 0.343 bits per heavy atom. The SMILES string of the molecule is CCCCCCCC(=O)COCC(=O)COC(=O)CCCCCCC.CCCCCCCC(=O)COCC(COC(=O)CCCCCCC)OC(=O)CCC(=O)O.CCCCCCCC(=O)COCC(O)COC(=O)CCCCCCC.CCCCCCCC(=O)Cl.O=C(CO)CO.O=C1CCC(=O)O1. The fourth-order valence-corrected chi connectivity index (χ4v) is 9.40. The number of aliphatic hydroxyl groups is 3. The van der Waals surface area contributed by atoms with Crippen LogP contribution < -0.4 is 0 Å². The Morgan fingerprint density at radius 2 is 0.657 bits per heavy atom. The van der Waals surface area contributed by atoms with Crippen molar-refractivity contribution < 1.29 is 121 Å². The Bertz CT molecular complexity index is 2170. The fourth-order valence-electron chi connectivity index (χ4n) is 9.27. The van der Waals surface area contributed by atoms with Crippen LogP contribution in [0.15, 0.2) is 0 Å². The average Bonchev–Trinajstić information content (AvgIpc) is 1.73. The molecule has 1 saturated heterocycles. The van der Waals surface area contributed by atoms with Crippen LogP contribution in [0.3, 0.4) is 0 Å². The minimum atomic E-state index is -1.10. The van der Waals surface area contributed by atoms with E-state index in [-0.39, 0.29) is 131 Å². The lowest BCUT2D eigenvalue weighted by Gasteiger charge is -2.18. The van der Waals surface area contributed by atoms with Gasteiger partial charge in [-0.25, -0.2) is 0 Å². The lowest BCUT2D eigenvalue weighted by molar-refractivity contribution is -0.164. The van der Waals surface area contributed by atoms with E-state index in [0.29, 0.717) is 44.9 Å². The van der Waals surface area contributed by atoms with E-state index in [1.165, 1.54) is 77.0 Å². The van der Waals surface area contributed by atoms with E-state index in [4.69, 9.17) is 60.1 Å². The van der Waals surface area contributed by atoms with Crippen molar-refractivity contribution in [3.8, 4) is 0 Å². The van der Waals surface area contributed by atoms with Gasteiger partial charge in [0.15, 0.2) is 41.6 Å². The highest BCUT2D eigenvalue weighted by molar-refractivity contribution is 6.63. The third-order valence-corrected chi connectivity index (χ3v) is 15.7. The van der Waals surface area contributed by atoms with Gasteiger partial charge in [-0.2, -0.15) is 0 Å². The number of hydrogen-bond donors (Lipinski definition) is 4. The maximum Gasteiger partial charge on any atom is 0.314 e. The van der Waals surface area contributed by atoms with E-state index in [2.05, 4.69) is 53.2 Å². The van der Waals surface area contributed by atoms with E-state index in [0.717, 1.165) is 148 Å². The van der Waals surface area contributed by atoms with Gasteiger partial charge < -0.3 is 58.3 Å². The number of aliphatic carboxylic acids is 1. The van der Waals surface area contributed by atoms with Gasteiger partial charge in [0.2, 0.25) is 5.24 Å². The molecule has 1 rings (SSSR count). The Kier molecular flexibility index (Phi) is 88.4. The van der Waals surface area contributed by atoms with E-state index in [1.54, 1.807) is 0 Å². The number of carbonyl (C=O) groups excluding carboxylic acids is 12. The van der Waals surface area contributed by atoms with Crippen molar-refractivity contribution in [1.29, 1.82) is 0 Å². The van der Waals surface area contributed by atoms with Crippen molar-refractivity contribution in [2.75, 3.05) is 72.7 Å². The molecule has 0 amide bonds.